The summed E-state index contributed by atoms with van der Waals surface area (Å²) >= 11 is 0. The van der Waals surface area contributed by atoms with E-state index in [1.54, 1.807) is 0 Å². The van der Waals surface area contributed by atoms with E-state index in [0.29, 0.717) is 0 Å². The van der Waals surface area contributed by atoms with Gasteiger partial charge in [-0.2, -0.15) is 0 Å². The molecule has 21 heavy (non-hydrogen) atoms. The summed E-state index contributed by atoms with van der Waals surface area (Å²) in [5, 5.41) is 3.78. The van der Waals surface area contributed by atoms with Crippen molar-refractivity contribution in [3.8, 4) is 0 Å². The largest absolute Gasteiger partial charge is 0.312 e. The van der Waals surface area contributed by atoms with Crippen molar-refractivity contribution in [1.82, 2.24) is 5.32 Å². The summed E-state index contributed by atoms with van der Waals surface area (Å²) in [5.74, 6) is 3.85. The Labute approximate surface area is 134 Å². The molecule has 0 aromatic carbocycles. The maximum atomic E-state index is 3.78. The molecular formula is C20H41N. The summed E-state index contributed by atoms with van der Waals surface area (Å²) in [4.78, 5) is 0. The molecule has 0 bridgehead atoms. The molecule has 3 atom stereocenters. The Kier molecular flexibility index (Phi) is 8.31. The third-order valence-electron chi connectivity index (χ3n) is 5.63. The zero-order valence-corrected chi connectivity index (χ0v) is 15.7. The standard InChI is InChI=1S/C20H41N/c1-7-10-17-11-12-18(15-21-20(4,5)6)19(14-17)13-16(8-2)9-3/h16-19,21H,7-15H2,1-6H3. The van der Waals surface area contributed by atoms with Crippen LogP contribution in [0.2, 0.25) is 0 Å². The third kappa shape index (κ3) is 7.17. The van der Waals surface area contributed by atoms with Crippen LogP contribution in [0.3, 0.4) is 0 Å². The maximum Gasteiger partial charge on any atom is 0.00966 e. The van der Waals surface area contributed by atoms with Crippen molar-refractivity contribution >= 4 is 0 Å². The van der Waals surface area contributed by atoms with Crippen molar-refractivity contribution in [3.63, 3.8) is 0 Å². The lowest BCUT2D eigenvalue weighted by atomic mass is 9.69. The van der Waals surface area contributed by atoms with Gasteiger partial charge in [0.1, 0.15) is 0 Å². The van der Waals surface area contributed by atoms with Crippen molar-refractivity contribution in [2.75, 3.05) is 6.54 Å². The van der Waals surface area contributed by atoms with E-state index in [1.165, 1.54) is 57.9 Å². The smallest absolute Gasteiger partial charge is 0.00966 e. The van der Waals surface area contributed by atoms with E-state index < -0.39 is 0 Å². The van der Waals surface area contributed by atoms with E-state index >= 15 is 0 Å². The zero-order valence-electron chi connectivity index (χ0n) is 15.7. The van der Waals surface area contributed by atoms with Crippen molar-refractivity contribution in [2.24, 2.45) is 23.7 Å². The topological polar surface area (TPSA) is 12.0 Å². The number of hydrogen-bond acceptors (Lipinski definition) is 1. The minimum absolute atomic E-state index is 0.264. The summed E-state index contributed by atoms with van der Waals surface area (Å²) in [6, 6.07) is 0. The Morgan fingerprint density at radius 3 is 2.19 bits per heavy atom. The van der Waals surface area contributed by atoms with Gasteiger partial charge in [0.25, 0.3) is 0 Å². The first-order valence-electron chi connectivity index (χ1n) is 9.64. The lowest BCUT2D eigenvalue weighted by Crippen LogP contribution is -2.42. The van der Waals surface area contributed by atoms with Crippen molar-refractivity contribution in [2.45, 2.75) is 98.4 Å². The van der Waals surface area contributed by atoms with Gasteiger partial charge in [-0.15, -0.1) is 0 Å². The average molecular weight is 296 g/mol. The Balaban J connectivity index is 2.60. The van der Waals surface area contributed by atoms with Crippen LogP contribution in [-0.4, -0.2) is 12.1 Å². The van der Waals surface area contributed by atoms with Gasteiger partial charge in [-0.25, -0.2) is 0 Å². The molecule has 3 unspecified atom stereocenters. The van der Waals surface area contributed by atoms with Crippen LogP contribution in [0.15, 0.2) is 0 Å². The third-order valence-corrected chi connectivity index (χ3v) is 5.63. The fraction of sp³-hybridized carbons (Fsp3) is 1.00. The van der Waals surface area contributed by atoms with Gasteiger partial charge >= 0.3 is 0 Å². The number of hydrogen-bond donors (Lipinski definition) is 1. The highest BCUT2D eigenvalue weighted by Gasteiger charge is 2.31. The molecule has 0 heterocycles. The molecule has 0 aromatic rings. The van der Waals surface area contributed by atoms with Crippen LogP contribution in [0.25, 0.3) is 0 Å². The second-order valence-electron chi connectivity index (χ2n) is 8.54. The van der Waals surface area contributed by atoms with Gasteiger partial charge in [0, 0.05) is 5.54 Å². The molecule has 0 spiro atoms. The molecular weight excluding hydrogens is 254 g/mol. The first-order chi connectivity index (χ1) is 9.89. The molecule has 1 fully saturated rings. The highest BCUT2D eigenvalue weighted by atomic mass is 14.9. The minimum atomic E-state index is 0.264. The molecule has 1 heteroatoms. The summed E-state index contributed by atoms with van der Waals surface area (Å²) in [7, 11) is 0. The molecule has 0 amide bonds. The minimum Gasteiger partial charge on any atom is -0.312 e. The molecule has 126 valence electrons. The van der Waals surface area contributed by atoms with E-state index in [9.17, 15) is 0 Å². The van der Waals surface area contributed by atoms with E-state index in [1.807, 2.05) is 0 Å². The fourth-order valence-corrected chi connectivity index (χ4v) is 4.14. The Bertz CT molecular complexity index is 262. The molecule has 1 rings (SSSR count). The van der Waals surface area contributed by atoms with E-state index in [-0.39, 0.29) is 5.54 Å². The summed E-state index contributed by atoms with van der Waals surface area (Å²) in [6.45, 7) is 15.2. The van der Waals surface area contributed by atoms with Gasteiger partial charge in [0.2, 0.25) is 0 Å². The highest BCUT2D eigenvalue weighted by molar-refractivity contribution is 4.84. The van der Waals surface area contributed by atoms with Crippen LogP contribution in [0.1, 0.15) is 92.9 Å². The summed E-state index contributed by atoms with van der Waals surface area (Å²) in [5.41, 5.74) is 0.264. The molecule has 1 N–H and O–H groups in total. The SMILES string of the molecule is CCCC1CCC(CNC(C)(C)C)C(CC(CC)CC)C1. The van der Waals surface area contributed by atoms with Crippen molar-refractivity contribution < 1.29 is 0 Å². The van der Waals surface area contributed by atoms with Gasteiger partial charge in [-0.3, -0.25) is 0 Å². The van der Waals surface area contributed by atoms with E-state index in [2.05, 4.69) is 46.9 Å². The number of rotatable bonds is 8. The molecule has 0 saturated heterocycles. The maximum absolute atomic E-state index is 3.78. The van der Waals surface area contributed by atoms with E-state index in [0.717, 1.165) is 23.7 Å². The molecule has 0 aliphatic heterocycles. The van der Waals surface area contributed by atoms with Crippen molar-refractivity contribution in [1.29, 1.82) is 0 Å². The van der Waals surface area contributed by atoms with Crippen LogP contribution in [0, 0.1) is 23.7 Å². The van der Waals surface area contributed by atoms with Crippen LogP contribution in [0.5, 0.6) is 0 Å². The summed E-state index contributed by atoms with van der Waals surface area (Å²) < 4.78 is 0. The van der Waals surface area contributed by atoms with Gasteiger partial charge in [0.15, 0.2) is 0 Å². The second kappa shape index (κ2) is 9.18. The van der Waals surface area contributed by atoms with Gasteiger partial charge in [-0.1, -0.05) is 52.9 Å². The Morgan fingerprint density at radius 2 is 1.67 bits per heavy atom. The summed E-state index contributed by atoms with van der Waals surface area (Å²) in [6.07, 6.45) is 11.5. The molecule has 1 aliphatic rings. The number of nitrogens with one attached hydrogen (secondary N) is 1. The zero-order chi connectivity index (χ0) is 15.9. The first-order valence-corrected chi connectivity index (χ1v) is 9.64. The van der Waals surface area contributed by atoms with Crippen LogP contribution >= 0.6 is 0 Å². The lowest BCUT2D eigenvalue weighted by molar-refractivity contribution is 0.133. The Hall–Kier alpha value is -0.0400. The highest BCUT2D eigenvalue weighted by Crippen LogP contribution is 2.40. The Morgan fingerprint density at radius 1 is 1.00 bits per heavy atom. The van der Waals surface area contributed by atoms with Crippen LogP contribution in [-0.2, 0) is 0 Å². The second-order valence-corrected chi connectivity index (χ2v) is 8.54. The molecule has 1 nitrogen and oxygen atoms in total. The molecule has 0 aromatic heterocycles. The quantitative estimate of drug-likeness (QED) is 0.576. The predicted octanol–water partition coefficient (Wildman–Crippen LogP) is 6.03. The van der Waals surface area contributed by atoms with Gasteiger partial charge in [-0.05, 0) is 70.3 Å². The monoisotopic (exact) mass is 295 g/mol. The predicted molar refractivity (Wildman–Crippen MR) is 95.7 cm³/mol. The van der Waals surface area contributed by atoms with E-state index in [4.69, 9.17) is 0 Å². The fourth-order valence-electron chi connectivity index (χ4n) is 4.14. The normalized spacial score (nSPS) is 27.3. The molecule has 0 radical (unpaired) electrons. The van der Waals surface area contributed by atoms with Gasteiger partial charge in [0.05, 0.1) is 0 Å². The van der Waals surface area contributed by atoms with Crippen LogP contribution in [0.4, 0.5) is 0 Å². The van der Waals surface area contributed by atoms with Crippen LogP contribution < -0.4 is 5.32 Å². The van der Waals surface area contributed by atoms with Crippen molar-refractivity contribution in [3.05, 3.63) is 0 Å². The molecule has 1 aliphatic carbocycles. The van der Waals surface area contributed by atoms with Gasteiger partial charge < -0.3 is 5.32 Å². The average Bonchev–Trinajstić information content (AvgIpc) is 2.43. The first kappa shape index (κ1) is 19.0. The molecule has 1 saturated carbocycles. The lowest BCUT2D eigenvalue weighted by Gasteiger charge is -2.39.